The van der Waals surface area contributed by atoms with Crippen molar-refractivity contribution in [3.63, 3.8) is 0 Å². The Morgan fingerprint density at radius 3 is 2.35 bits per heavy atom. The van der Waals surface area contributed by atoms with Gasteiger partial charge in [-0.15, -0.1) is 0 Å². The lowest BCUT2D eigenvalue weighted by molar-refractivity contribution is -0.121. The van der Waals surface area contributed by atoms with E-state index in [1.54, 1.807) is 12.1 Å². The van der Waals surface area contributed by atoms with Crippen LogP contribution >= 0.6 is 0 Å². The van der Waals surface area contributed by atoms with E-state index in [0.717, 1.165) is 42.6 Å². The Kier molecular flexibility index (Phi) is 5.81. The maximum atomic E-state index is 12.9. The molecular weight excluding hydrogens is 333 g/mol. The third kappa shape index (κ3) is 5.25. The van der Waals surface area contributed by atoms with Crippen LogP contribution in [0.4, 0.5) is 4.39 Å². The Balaban J connectivity index is 1.44. The topological polar surface area (TPSA) is 64.1 Å². The van der Waals surface area contributed by atoms with E-state index < -0.39 is 0 Å². The van der Waals surface area contributed by atoms with E-state index in [4.69, 9.17) is 4.74 Å². The molecule has 0 unspecified atom stereocenters. The van der Waals surface area contributed by atoms with Gasteiger partial charge in [-0.05, 0) is 63.3 Å². The second-order valence-electron chi connectivity index (χ2n) is 6.90. The summed E-state index contributed by atoms with van der Waals surface area (Å²) < 4.78 is 18.8. The molecule has 0 saturated heterocycles. The lowest BCUT2D eigenvalue weighted by atomic mass is 9.93. The molecule has 1 N–H and O–H groups in total. The van der Waals surface area contributed by atoms with Crippen LogP contribution in [0.5, 0.6) is 6.01 Å². The monoisotopic (exact) mass is 357 g/mol. The van der Waals surface area contributed by atoms with Crippen LogP contribution < -0.4 is 10.1 Å². The molecule has 1 amide bonds. The van der Waals surface area contributed by atoms with Crippen molar-refractivity contribution in [3.8, 4) is 6.01 Å². The number of hydrogen-bond acceptors (Lipinski definition) is 4. The predicted molar refractivity (Wildman–Crippen MR) is 96.4 cm³/mol. The molecule has 1 aliphatic rings. The highest BCUT2D eigenvalue weighted by Gasteiger charge is 2.24. The minimum Gasteiger partial charge on any atom is -0.460 e. The van der Waals surface area contributed by atoms with Crippen LogP contribution in [0.3, 0.4) is 0 Å². The SMILES string of the molecule is Cc1cc(C)nc(OC2CCC(NC(=O)Cc3ccc(F)cc3)CC2)n1. The van der Waals surface area contributed by atoms with Gasteiger partial charge in [0.05, 0.1) is 6.42 Å². The Labute approximate surface area is 153 Å². The van der Waals surface area contributed by atoms with Crippen LogP contribution in [0, 0.1) is 19.7 Å². The Hall–Kier alpha value is -2.50. The van der Waals surface area contributed by atoms with Crippen LogP contribution in [0.25, 0.3) is 0 Å². The summed E-state index contributed by atoms with van der Waals surface area (Å²) in [6, 6.07) is 8.54. The maximum Gasteiger partial charge on any atom is 0.317 e. The number of carbonyl (C=O) groups is 1. The van der Waals surface area contributed by atoms with Gasteiger partial charge in [0.15, 0.2) is 0 Å². The van der Waals surface area contributed by atoms with E-state index in [9.17, 15) is 9.18 Å². The molecule has 0 spiro atoms. The summed E-state index contributed by atoms with van der Waals surface area (Å²) in [6.45, 7) is 3.85. The highest BCUT2D eigenvalue weighted by molar-refractivity contribution is 5.78. The highest BCUT2D eigenvalue weighted by atomic mass is 19.1. The second kappa shape index (κ2) is 8.25. The molecular formula is C20H24FN3O2. The molecule has 26 heavy (non-hydrogen) atoms. The minimum absolute atomic E-state index is 0.0291. The summed E-state index contributed by atoms with van der Waals surface area (Å²) >= 11 is 0. The van der Waals surface area contributed by atoms with Gasteiger partial charge < -0.3 is 10.1 Å². The first-order chi connectivity index (χ1) is 12.5. The maximum absolute atomic E-state index is 12.9. The molecule has 0 radical (unpaired) electrons. The lowest BCUT2D eigenvalue weighted by Gasteiger charge is -2.29. The fraction of sp³-hybridized carbons (Fsp3) is 0.450. The Morgan fingerprint density at radius 2 is 1.73 bits per heavy atom. The van der Waals surface area contributed by atoms with Crippen LogP contribution in [0.15, 0.2) is 30.3 Å². The molecule has 3 rings (SSSR count). The van der Waals surface area contributed by atoms with Crippen molar-refractivity contribution in [1.82, 2.24) is 15.3 Å². The lowest BCUT2D eigenvalue weighted by Crippen LogP contribution is -2.40. The molecule has 1 fully saturated rings. The summed E-state index contributed by atoms with van der Waals surface area (Å²) in [7, 11) is 0. The number of ether oxygens (including phenoxy) is 1. The van der Waals surface area contributed by atoms with E-state index >= 15 is 0 Å². The molecule has 0 bridgehead atoms. The van der Waals surface area contributed by atoms with E-state index in [-0.39, 0.29) is 30.3 Å². The molecule has 5 nitrogen and oxygen atoms in total. The normalized spacial score (nSPS) is 19.8. The molecule has 1 aliphatic carbocycles. The van der Waals surface area contributed by atoms with Gasteiger partial charge in [-0.2, -0.15) is 0 Å². The molecule has 1 aromatic heterocycles. The first-order valence-electron chi connectivity index (χ1n) is 9.00. The predicted octanol–water partition coefficient (Wildman–Crippen LogP) is 3.28. The largest absolute Gasteiger partial charge is 0.460 e. The quantitative estimate of drug-likeness (QED) is 0.892. The van der Waals surface area contributed by atoms with Gasteiger partial charge in [-0.1, -0.05) is 12.1 Å². The van der Waals surface area contributed by atoms with Crippen molar-refractivity contribution < 1.29 is 13.9 Å². The van der Waals surface area contributed by atoms with Gasteiger partial charge in [-0.25, -0.2) is 14.4 Å². The first-order valence-corrected chi connectivity index (χ1v) is 9.00. The number of amides is 1. The zero-order valence-corrected chi connectivity index (χ0v) is 15.2. The fourth-order valence-corrected chi connectivity index (χ4v) is 3.29. The van der Waals surface area contributed by atoms with Crippen LogP contribution in [0.1, 0.15) is 42.6 Å². The second-order valence-corrected chi connectivity index (χ2v) is 6.90. The number of aryl methyl sites for hydroxylation is 2. The van der Waals surface area contributed by atoms with Crippen molar-refractivity contribution in [3.05, 3.63) is 53.1 Å². The molecule has 0 atom stereocenters. The minimum atomic E-state index is -0.291. The summed E-state index contributed by atoms with van der Waals surface area (Å²) in [6.07, 6.45) is 3.80. The van der Waals surface area contributed by atoms with E-state index in [1.165, 1.54) is 12.1 Å². The van der Waals surface area contributed by atoms with Crippen molar-refractivity contribution in [1.29, 1.82) is 0 Å². The third-order valence-electron chi connectivity index (χ3n) is 4.55. The number of nitrogens with zero attached hydrogens (tertiary/aromatic N) is 2. The number of rotatable bonds is 5. The average Bonchev–Trinajstić information content (AvgIpc) is 2.58. The van der Waals surface area contributed by atoms with Crippen LogP contribution in [-0.4, -0.2) is 28.0 Å². The van der Waals surface area contributed by atoms with Gasteiger partial charge >= 0.3 is 6.01 Å². The molecule has 1 heterocycles. The number of nitrogens with one attached hydrogen (secondary N) is 1. The van der Waals surface area contributed by atoms with Crippen molar-refractivity contribution in [2.24, 2.45) is 0 Å². The number of aromatic nitrogens is 2. The van der Waals surface area contributed by atoms with Crippen molar-refractivity contribution in [2.45, 2.75) is 58.1 Å². The van der Waals surface area contributed by atoms with E-state index in [1.807, 2.05) is 19.9 Å². The molecule has 138 valence electrons. The number of carbonyl (C=O) groups excluding carboxylic acids is 1. The van der Waals surface area contributed by atoms with Crippen LogP contribution in [-0.2, 0) is 11.2 Å². The fourth-order valence-electron chi connectivity index (χ4n) is 3.29. The molecule has 6 heteroatoms. The first kappa shape index (κ1) is 18.3. The summed E-state index contributed by atoms with van der Waals surface area (Å²) in [5.74, 6) is -0.320. The number of halogens is 1. The third-order valence-corrected chi connectivity index (χ3v) is 4.55. The Morgan fingerprint density at radius 1 is 1.12 bits per heavy atom. The average molecular weight is 357 g/mol. The standard InChI is InChI=1S/C20H24FN3O2/c1-13-11-14(2)23-20(22-13)26-18-9-7-17(8-10-18)24-19(25)12-15-3-5-16(21)6-4-15/h3-6,11,17-18H,7-10,12H2,1-2H3,(H,24,25). The van der Waals surface area contributed by atoms with Gasteiger partial charge in [0, 0.05) is 17.4 Å². The van der Waals surface area contributed by atoms with Gasteiger partial charge in [0.1, 0.15) is 11.9 Å². The van der Waals surface area contributed by atoms with Gasteiger partial charge in [0.25, 0.3) is 0 Å². The highest BCUT2D eigenvalue weighted by Crippen LogP contribution is 2.22. The zero-order chi connectivity index (χ0) is 18.5. The molecule has 1 saturated carbocycles. The van der Waals surface area contributed by atoms with Gasteiger partial charge in [-0.3, -0.25) is 4.79 Å². The van der Waals surface area contributed by atoms with Gasteiger partial charge in [0.2, 0.25) is 5.91 Å². The smallest absolute Gasteiger partial charge is 0.317 e. The van der Waals surface area contributed by atoms with Crippen LogP contribution in [0.2, 0.25) is 0 Å². The van der Waals surface area contributed by atoms with E-state index in [0.29, 0.717) is 6.01 Å². The number of hydrogen-bond donors (Lipinski definition) is 1. The summed E-state index contributed by atoms with van der Waals surface area (Å²) in [5.41, 5.74) is 2.61. The molecule has 2 aromatic rings. The molecule has 0 aliphatic heterocycles. The Bertz CT molecular complexity index is 736. The van der Waals surface area contributed by atoms with Crippen molar-refractivity contribution in [2.75, 3.05) is 0 Å². The summed E-state index contributed by atoms with van der Waals surface area (Å²) in [4.78, 5) is 20.8. The van der Waals surface area contributed by atoms with Crippen molar-refractivity contribution >= 4 is 5.91 Å². The number of benzene rings is 1. The summed E-state index contributed by atoms with van der Waals surface area (Å²) in [5, 5.41) is 3.07. The molecule has 1 aromatic carbocycles. The zero-order valence-electron chi connectivity index (χ0n) is 15.2. The van der Waals surface area contributed by atoms with E-state index in [2.05, 4.69) is 15.3 Å².